The Morgan fingerprint density at radius 3 is 2.71 bits per heavy atom. The summed E-state index contributed by atoms with van der Waals surface area (Å²) in [5.41, 5.74) is 1.70. The van der Waals surface area contributed by atoms with Crippen LogP contribution < -0.4 is 10.6 Å². The van der Waals surface area contributed by atoms with Crippen LogP contribution in [0.1, 0.15) is 25.3 Å². The maximum Gasteiger partial charge on any atom is 0.307 e. The lowest BCUT2D eigenvalue weighted by atomic mass is 10.2. The summed E-state index contributed by atoms with van der Waals surface area (Å²) in [6, 6.07) is 7.37. The highest BCUT2D eigenvalue weighted by atomic mass is 16.4. The lowest BCUT2D eigenvalue weighted by Crippen LogP contribution is -2.27. The van der Waals surface area contributed by atoms with E-state index in [1.54, 1.807) is 12.2 Å². The summed E-state index contributed by atoms with van der Waals surface area (Å²) in [7, 11) is 0. The summed E-state index contributed by atoms with van der Waals surface area (Å²) in [4.78, 5) is 14.6. The Hall–Kier alpha value is -2.81. The molecule has 0 unspecified atom stereocenters. The highest BCUT2D eigenvalue weighted by molar-refractivity contribution is 5.94. The van der Waals surface area contributed by atoms with Crippen molar-refractivity contribution in [3.05, 3.63) is 35.9 Å². The number of aliphatic imine (C=N–C) groups is 1. The highest BCUT2D eigenvalue weighted by Gasteiger charge is 1.98. The third-order valence-corrected chi connectivity index (χ3v) is 2.44. The quantitative estimate of drug-likeness (QED) is 0.323. The molecule has 0 amide bonds. The van der Waals surface area contributed by atoms with E-state index in [1.165, 1.54) is 0 Å². The second-order valence-corrected chi connectivity index (χ2v) is 4.21. The Morgan fingerprint density at radius 1 is 1.43 bits per heavy atom. The molecule has 1 rings (SSSR count). The first kappa shape index (κ1) is 16.2. The maximum absolute atomic E-state index is 10.4. The normalized spacial score (nSPS) is 11.1. The highest BCUT2D eigenvalue weighted by Crippen LogP contribution is 2.11. The van der Waals surface area contributed by atoms with Gasteiger partial charge in [0.1, 0.15) is 0 Å². The number of aliphatic carboxylic acids is 1. The van der Waals surface area contributed by atoms with Crippen LogP contribution in [0.5, 0.6) is 0 Å². The Bertz CT molecular complexity index is 556. The molecule has 21 heavy (non-hydrogen) atoms. The number of anilines is 1. The van der Waals surface area contributed by atoms with Crippen molar-refractivity contribution in [2.75, 3.05) is 11.9 Å². The predicted molar refractivity (Wildman–Crippen MR) is 82.7 cm³/mol. The van der Waals surface area contributed by atoms with Crippen LogP contribution in [0.2, 0.25) is 0 Å². The Kier molecular flexibility index (Phi) is 7.08. The zero-order valence-electron chi connectivity index (χ0n) is 11.8. The number of carbonyl (C=O) groups is 1. The molecule has 110 valence electrons. The average Bonchev–Trinajstić information content (AvgIpc) is 2.46. The lowest BCUT2D eigenvalue weighted by Gasteiger charge is -2.08. The number of rotatable bonds is 6. The summed E-state index contributed by atoms with van der Waals surface area (Å²) in [6.07, 6.45) is 6.07. The van der Waals surface area contributed by atoms with Gasteiger partial charge in [-0.15, -0.1) is 0 Å². The van der Waals surface area contributed by atoms with Gasteiger partial charge < -0.3 is 10.4 Å². The smallest absolute Gasteiger partial charge is 0.307 e. The molecule has 0 atom stereocenters. The van der Waals surface area contributed by atoms with E-state index in [-0.39, 0.29) is 6.42 Å². The maximum atomic E-state index is 10.4. The van der Waals surface area contributed by atoms with Crippen molar-refractivity contribution in [1.29, 1.82) is 5.26 Å². The molecule has 0 aliphatic carbocycles. The van der Waals surface area contributed by atoms with E-state index < -0.39 is 5.97 Å². The lowest BCUT2D eigenvalue weighted by molar-refractivity contribution is -0.135. The van der Waals surface area contributed by atoms with Gasteiger partial charge in [-0.2, -0.15) is 5.26 Å². The fourth-order valence-electron chi connectivity index (χ4n) is 1.50. The number of carboxylic acids is 1. The summed E-state index contributed by atoms with van der Waals surface area (Å²) in [5, 5.41) is 22.7. The van der Waals surface area contributed by atoms with Crippen LogP contribution in [0.15, 0.2) is 35.3 Å². The van der Waals surface area contributed by atoms with Crippen LogP contribution in [-0.2, 0) is 4.79 Å². The summed E-state index contributed by atoms with van der Waals surface area (Å²) >= 11 is 0. The second-order valence-electron chi connectivity index (χ2n) is 4.21. The van der Waals surface area contributed by atoms with E-state index >= 15 is 0 Å². The van der Waals surface area contributed by atoms with Gasteiger partial charge in [0.15, 0.2) is 6.19 Å². The molecule has 0 aromatic heterocycles. The van der Waals surface area contributed by atoms with Crippen LogP contribution in [0, 0.1) is 11.5 Å². The summed E-state index contributed by atoms with van der Waals surface area (Å²) in [6.45, 7) is 2.64. The largest absolute Gasteiger partial charge is 0.481 e. The number of guanidine groups is 1. The van der Waals surface area contributed by atoms with Crippen molar-refractivity contribution in [2.24, 2.45) is 4.99 Å². The predicted octanol–water partition coefficient (Wildman–Crippen LogP) is 2.42. The minimum atomic E-state index is -0.858. The zero-order valence-corrected chi connectivity index (χ0v) is 11.8. The molecule has 1 aromatic carbocycles. The van der Waals surface area contributed by atoms with Gasteiger partial charge in [-0.1, -0.05) is 31.2 Å². The third-order valence-electron chi connectivity index (χ3n) is 2.44. The number of nitriles is 1. The van der Waals surface area contributed by atoms with Crippen molar-refractivity contribution in [2.45, 2.75) is 19.8 Å². The third kappa shape index (κ3) is 6.78. The number of benzene rings is 1. The van der Waals surface area contributed by atoms with Crippen LogP contribution in [0.4, 0.5) is 5.69 Å². The fraction of sp³-hybridized carbons (Fsp3) is 0.267. The van der Waals surface area contributed by atoms with Crippen molar-refractivity contribution in [3.8, 4) is 6.19 Å². The molecule has 0 heterocycles. The first-order valence-electron chi connectivity index (χ1n) is 6.60. The molecule has 0 saturated heterocycles. The number of hydrogen-bond donors (Lipinski definition) is 3. The molecule has 1 aromatic rings. The van der Waals surface area contributed by atoms with E-state index in [9.17, 15) is 4.79 Å². The Balaban J connectivity index is 2.66. The minimum Gasteiger partial charge on any atom is -0.481 e. The van der Waals surface area contributed by atoms with Crippen molar-refractivity contribution in [1.82, 2.24) is 5.32 Å². The van der Waals surface area contributed by atoms with Gasteiger partial charge in [-0.25, -0.2) is 0 Å². The topological polar surface area (TPSA) is 97.5 Å². The summed E-state index contributed by atoms with van der Waals surface area (Å²) in [5.74, 6) is -0.447. The molecule has 0 spiro atoms. The van der Waals surface area contributed by atoms with Gasteiger partial charge in [0.05, 0.1) is 6.42 Å². The van der Waals surface area contributed by atoms with E-state index in [1.807, 2.05) is 37.4 Å². The van der Waals surface area contributed by atoms with Crippen molar-refractivity contribution >= 4 is 23.7 Å². The van der Waals surface area contributed by atoms with Crippen LogP contribution in [0.25, 0.3) is 6.08 Å². The Morgan fingerprint density at radius 2 is 2.14 bits per heavy atom. The van der Waals surface area contributed by atoms with E-state index in [4.69, 9.17) is 10.4 Å². The molecular weight excluding hydrogens is 268 g/mol. The monoisotopic (exact) mass is 286 g/mol. The van der Waals surface area contributed by atoms with Crippen LogP contribution in [-0.4, -0.2) is 23.6 Å². The molecule has 0 bridgehead atoms. The molecule has 0 aliphatic heterocycles. The standard InChI is InChI=1S/C15H18N4O2/c1-2-10-17-15(18-11-16)19-13-8-6-12(7-9-13)4-3-5-14(20)21/h3-4,6-9H,2,5,10H2,1H3,(H,20,21)(H2,17,18,19). The molecule has 0 saturated carbocycles. The molecule has 0 radical (unpaired) electrons. The SMILES string of the molecule is CCCN=C(NC#N)Nc1ccc(C=CCC(=O)O)cc1. The number of nitrogens with zero attached hydrogens (tertiary/aromatic N) is 2. The van der Waals surface area contributed by atoms with Gasteiger partial charge >= 0.3 is 5.97 Å². The van der Waals surface area contributed by atoms with E-state index in [0.29, 0.717) is 12.5 Å². The van der Waals surface area contributed by atoms with Gasteiger partial charge in [0.2, 0.25) is 5.96 Å². The van der Waals surface area contributed by atoms with E-state index in [0.717, 1.165) is 17.7 Å². The van der Waals surface area contributed by atoms with Gasteiger partial charge in [0.25, 0.3) is 0 Å². The molecule has 0 aliphatic rings. The first-order chi connectivity index (χ1) is 10.2. The van der Waals surface area contributed by atoms with Gasteiger partial charge in [-0.05, 0) is 24.1 Å². The van der Waals surface area contributed by atoms with E-state index in [2.05, 4.69) is 15.6 Å². The van der Waals surface area contributed by atoms with Crippen LogP contribution in [0.3, 0.4) is 0 Å². The zero-order chi connectivity index (χ0) is 15.5. The molecule has 6 nitrogen and oxygen atoms in total. The molecular formula is C15H18N4O2. The molecule has 6 heteroatoms. The second kappa shape index (κ2) is 9.15. The Labute approximate surface area is 123 Å². The van der Waals surface area contributed by atoms with Crippen molar-refractivity contribution in [3.63, 3.8) is 0 Å². The summed E-state index contributed by atoms with van der Waals surface area (Å²) < 4.78 is 0. The first-order valence-corrected chi connectivity index (χ1v) is 6.60. The van der Waals surface area contributed by atoms with Gasteiger partial charge in [-0.3, -0.25) is 15.1 Å². The number of hydrogen-bond acceptors (Lipinski definition) is 3. The van der Waals surface area contributed by atoms with Crippen molar-refractivity contribution < 1.29 is 9.90 Å². The number of carboxylic acid groups (broad SMARTS) is 1. The molecule has 0 fully saturated rings. The molecule has 3 N–H and O–H groups in total. The van der Waals surface area contributed by atoms with Crippen LogP contribution >= 0.6 is 0 Å². The fourth-order valence-corrected chi connectivity index (χ4v) is 1.50. The number of nitrogens with one attached hydrogen (secondary N) is 2. The van der Waals surface area contributed by atoms with Gasteiger partial charge in [0, 0.05) is 12.2 Å². The average molecular weight is 286 g/mol. The minimum absolute atomic E-state index is 0.0000848.